The number of nitrogen functional groups attached to an aromatic ring is 1. The fourth-order valence-electron chi connectivity index (χ4n) is 1.48. The van der Waals surface area contributed by atoms with Crippen LogP contribution in [0.15, 0.2) is 16.7 Å². The summed E-state index contributed by atoms with van der Waals surface area (Å²) < 4.78 is 0.697. The van der Waals surface area contributed by atoms with E-state index in [1.165, 1.54) is 6.20 Å². The summed E-state index contributed by atoms with van der Waals surface area (Å²) in [6.07, 6.45) is 1.54. The molecule has 6 heteroatoms. The predicted octanol–water partition coefficient (Wildman–Crippen LogP) is 1.27. The fourth-order valence-corrected chi connectivity index (χ4v) is 1.81. The van der Waals surface area contributed by atoms with Crippen molar-refractivity contribution < 1.29 is 9.90 Å². The number of aliphatic hydroxyl groups is 1. The fraction of sp³-hybridized carbons (Fsp3) is 0.455. The number of nitrogens with zero attached hydrogens (tertiary/aromatic N) is 2. The van der Waals surface area contributed by atoms with Crippen LogP contribution in [0.2, 0.25) is 0 Å². The highest BCUT2D eigenvalue weighted by Crippen LogP contribution is 2.18. The average molecular weight is 302 g/mol. The first-order valence-corrected chi connectivity index (χ1v) is 6.09. The van der Waals surface area contributed by atoms with Gasteiger partial charge in [0, 0.05) is 23.3 Å². The Morgan fingerprint density at radius 1 is 1.65 bits per heavy atom. The highest BCUT2D eigenvalue weighted by Gasteiger charge is 2.21. The third-order valence-corrected chi connectivity index (χ3v) is 2.77. The van der Waals surface area contributed by atoms with Crippen molar-refractivity contribution in [3.05, 3.63) is 22.3 Å². The second-order valence-corrected chi connectivity index (χ2v) is 4.82. The van der Waals surface area contributed by atoms with Crippen molar-refractivity contribution in [2.75, 3.05) is 18.9 Å². The van der Waals surface area contributed by atoms with Gasteiger partial charge in [0.15, 0.2) is 0 Å². The summed E-state index contributed by atoms with van der Waals surface area (Å²) in [6, 6.07) is 1.63. The first-order chi connectivity index (χ1) is 7.97. The molecule has 0 bridgehead atoms. The van der Waals surface area contributed by atoms with Gasteiger partial charge in [-0.05, 0) is 35.8 Å². The van der Waals surface area contributed by atoms with E-state index in [0.29, 0.717) is 10.0 Å². The molecule has 5 nitrogen and oxygen atoms in total. The van der Waals surface area contributed by atoms with Crippen LogP contribution in [0.5, 0.6) is 0 Å². The van der Waals surface area contributed by atoms with E-state index in [1.807, 2.05) is 13.8 Å². The molecule has 0 aromatic carbocycles. The molecule has 0 aliphatic rings. The van der Waals surface area contributed by atoms with Crippen molar-refractivity contribution >= 4 is 27.7 Å². The van der Waals surface area contributed by atoms with Crippen LogP contribution in [0.3, 0.4) is 0 Å². The SMILES string of the molecule is CC(C)N(CCO)C(=O)c1cc(Br)cnc1N. The van der Waals surface area contributed by atoms with E-state index in [0.717, 1.165) is 0 Å². The molecule has 1 aromatic rings. The van der Waals surface area contributed by atoms with E-state index in [9.17, 15) is 4.79 Å². The maximum absolute atomic E-state index is 12.2. The summed E-state index contributed by atoms with van der Waals surface area (Å²) >= 11 is 3.25. The van der Waals surface area contributed by atoms with Crippen LogP contribution in [0, 0.1) is 0 Å². The quantitative estimate of drug-likeness (QED) is 0.878. The number of aromatic nitrogens is 1. The molecule has 0 atom stereocenters. The van der Waals surface area contributed by atoms with E-state index in [4.69, 9.17) is 10.8 Å². The number of carbonyl (C=O) groups excluding carboxylic acids is 1. The Balaban J connectivity index is 3.04. The lowest BCUT2D eigenvalue weighted by molar-refractivity contribution is 0.0666. The van der Waals surface area contributed by atoms with E-state index >= 15 is 0 Å². The molecular formula is C11H16BrN3O2. The highest BCUT2D eigenvalue weighted by molar-refractivity contribution is 9.10. The number of aliphatic hydroxyl groups excluding tert-OH is 1. The zero-order valence-electron chi connectivity index (χ0n) is 9.85. The van der Waals surface area contributed by atoms with Crippen LogP contribution in [-0.4, -0.2) is 40.1 Å². The van der Waals surface area contributed by atoms with Gasteiger partial charge >= 0.3 is 0 Å². The number of carbonyl (C=O) groups is 1. The number of nitrogens with two attached hydrogens (primary N) is 1. The van der Waals surface area contributed by atoms with Gasteiger partial charge in [-0.1, -0.05) is 0 Å². The zero-order chi connectivity index (χ0) is 13.0. The largest absolute Gasteiger partial charge is 0.395 e. The lowest BCUT2D eigenvalue weighted by atomic mass is 10.2. The minimum absolute atomic E-state index is 0.00645. The minimum Gasteiger partial charge on any atom is -0.395 e. The smallest absolute Gasteiger partial charge is 0.257 e. The molecule has 17 heavy (non-hydrogen) atoms. The van der Waals surface area contributed by atoms with Crippen LogP contribution in [0.1, 0.15) is 24.2 Å². The summed E-state index contributed by atoms with van der Waals surface area (Å²) in [6.45, 7) is 3.97. The van der Waals surface area contributed by atoms with Gasteiger partial charge in [0.05, 0.1) is 12.2 Å². The molecule has 0 saturated carbocycles. The van der Waals surface area contributed by atoms with E-state index in [1.54, 1.807) is 11.0 Å². The van der Waals surface area contributed by atoms with Gasteiger partial charge < -0.3 is 15.7 Å². The number of hydrogen-bond acceptors (Lipinski definition) is 4. The first-order valence-electron chi connectivity index (χ1n) is 5.30. The molecule has 0 unspecified atom stereocenters. The Kier molecular flexibility index (Phi) is 4.89. The minimum atomic E-state index is -0.222. The van der Waals surface area contributed by atoms with Gasteiger partial charge in [-0.3, -0.25) is 4.79 Å². The van der Waals surface area contributed by atoms with Gasteiger partial charge in [0.2, 0.25) is 0 Å². The van der Waals surface area contributed by atoms with Crippen LogP contribution in [-0.2, 0) is 0 Å². The summed E-state index contributed by atoms with van der Waals surface area (Å²) in [7, 11) is 0. The number of hydrogen-bond donors (Lipinski definition) is 2. The summed E-state index contributed by atoms with van der Waals surface area (Å²) in [5.74, 6) is -0.0258. The van der Waals surface area contributed by atoms with Crippen molar-refractivity contribution in [1.82, 2.24) is 9.88 Å². The van der Waals surface area contributed by atoms with Crippen LogP contribution in [0.4, 0.5) is 5.82 Å². The van der Waals surface area contributed by atoms with Gasteiger partial charge in [0.1, 0.15) is 5.82 Å². The van der Waals surface area contributed by atoms with E-state index in [-0.39, 0.29) is 30.9 Å². The Labute approximate surface area is 109 Å². The molecule has 1 amide bonds. The second-order valence-electron chi connectivity index (χ2n) is 3.90. The maximum Gasteiger partial charge on any atom is 0.257 e. The molecule has 0 radical (unpaired) electrons. The van der Waals surface area contributed by atoms with E-state index in [2.05, 4.69) is 20.9 Å². The van der Waals surface area contributed by atoms with Crippen molar-refractivity contribution in [1.29, 1.82) is 0 Å². The number of halogens is 1. The number of anilines is 1. The lowest BCUT2D eigenvalue weighted by Gasteiger charge is -2.26. The summed E-state index contributed by atoms with van der Waals surface area (Å²) in [5, 5.41) is 8.96. The number of rotatable bonds is 4. The normalized spacial score (nSPS) is 10.6. The Hall–Kier alpha value is -1.14. The zero-order valence-corrected chi connectivity index (χ0v) is 11.4. The third-order valence-electron chi connectivity index (χ3n) is 2.34. The van der Waals surface area contributed by atoms with Gasteiger partial charge in [-0.15, -0.1) is 0 Å². The molecule has 1 aromatic heterocycles. The number of pyridine rings is 1. The molecular weight excluding hydrogens is 286 g/mol. The van der Waals surface area contributed by atoms with Crippen LogP contribution < -0.4 is 5.73 Å². The molecule has 1 heterocycles. The standard InChI is InChI=1S/C11H16BrN3O2/c1-7(2)15(3-4-16)11(17)9-5-8(12)6-14-10(9)13/h5-7,16H,3-4H2,1-2H3,(H2,13,14). The second kappa shape index (κ2) is 5.97. The van der Waals surface area contributed by atoms with Crippen molar-refractivity contribution in [3.8, 4) is 0 Å². The molecule has 3 N–H and O–H groups in total. The van der Waals surface area contributed by atoms with Crippen LogP contribution in [0.25, 0.3) is 0 Å². The molecule has 1 rings (SSSR count). The number of amides is 1. The Morgan fingerprint density at radius 2 is 2.29 bits per heavy atom. The maximum atomic E-state index is 12.2. The summed E-state index contributed by atoms with van der Waals surface area (Å²) in [5.41, 5.74) is 6.03. The van der Waals surface area contributed by atoms with Crippen molar-refractivity contribution in [2.24, 2.45) is 0 Å². The predicted molar refractivity (Wildman–Crippen MR) is 69.6 cm³/mol. The highest BCUT2D eigenvalue weighted by atomic mass is 79.9. The van der Waals surface area contributed by atoms with Crippen molar-refractivity contribution in [2.45, 2.75) is 19.9 Å². The first kappa shape index (κ1) is 13.9. The molecule has 0 aliphatic carbocycles. The summed E-state index contributed by atoms with van der Waals surface area (Å²) in [4.78, 5) is 17.7. The van der Waals surface area contributed by atoms with Crippen molar-refractivity contribution in [3.63, 3.8) is 0 Å². The average Bonchev–Trinajstić information content (AvgIpc) is 2.28. The lowest BCUT2D eigenvalue weighted by Crippen LogP contribution is -2.39. The molecule has 0 fully saturated rings. The van der Waals surface area contributed by atoms with E-state index < -0.39 is 0 Å². The Bertz CT molecular complexity index is 410. The monoisotopic (exact) mass is 301 g/mol. The van der Waals surface area contributed by atoms with Gasteiger partial charge in [-0.25, -0.2) is 4.98 Å². The molecule has 0 spiro atoms. The third kappa shape index (κ3) is 3.41. The molecule has 0 saturated heterocycles. The topological polar surface area (TPSA) is 79.5 Å². The van der Waals surface area contributed by atoms with Gasteiger partial charge in [0.25, 0.3) is 5.91 Å². The Morgan fingerprint density at radius 3 is 2.82 bits per heavy atom. The van der Waals surface area contributed by atoms with Gasteiger partial charge in [-0.2, -0.15) is 0 Å². The molecule has 94 valence electrons. The molecule has 0 aliphatic heterocycles. The van der Waals surface area contributed by atoms with Crippen LogP contribution >= 0.6 is 15.9 Å².